The van der Waals surface area contributed by atoms with Crippen LogP contribution in [-0.2, 0) is 19.6 Å². The van der Waals surface area contributed by atoms with Gasteiger partial charge in [-0.15, -0.1) is 11.3 Å². The summed E-state index contributed by atoms with van der Waals surface area (Å²) < 4.78 is 31.5. The van der Waals surface area contributed by atoms with Gasteiger partial charge in [0, 0.05) is 13.1 Å². The van der Waals surface area contributed by atoms with E-state index < -0.39 is 15.9 Å². The molecule has 0 saturated carbocycles. The topological polar surface area (TPSA) is 87.5 Å². The van der Waals surface area contributed by atoms with E-state index in [0.29, 0.717) is 30.9 Å². The van der Waals surface area contributed by atoms with Crippen molar-refractivity contribution in [3.05, 3.63) is 17.0 Å². The zero-order valence-corrected chi connectivity index (χ0v) is 13.2. The number of rotatable bonds is 4. The second-order valence-electron chi connectivity index (χ2n) is 4.68. The van der Waals surface area contributed by atoms with Crippen molar-refractivity contribution in [1.82, 2.24) is 4.31 Å². The second-order valence-corrected chi connectivity index (χ2v) is 7.93. The van der Waals surface area contributed by atoms with E-state index in [1.165, 1.54) is 16.4 Å². The monoisotopic (exact) mass is 328 g/mol. The number of thiophene rings is 1. The fraction of sp³-hybridized carbons (Fsp3) is 0.538. The number of ether oxygens (including phenoxy) is 1. The number of hydrogen-bond acceptors (Lipinski definition) is 6. The van der Waals surface area contributed by atoms with E-state index in [0.717, 1.165) is 11.3 Å². The van der Waals surface area contributed by atoms with Gasteiger partial charge in [-0.3, -0.25) is 4.79 Å². The summed E-state index contributed by atoms with van der Waals surface area (Å²) in [4.78, 5) is 12.1. The molecule has 0 bridgehead atoms. The van der Waals surface area contributed by atoms with Gasteiger partial charge in [0.1, 0.15) is 15.2 Å². The third kappa shape index (κ3) is 3.43. The van der Waals surface area contributed by atoms with E-state index in [2.05, 4.69) is 0 Å². The van der Waals surface area contributed by atoms with Gasteiger partial charge in [0.25, 0.3) is 10.0 Å². The molecule has 21 heavy (non-hydrogen) atoms. The van der Waals surface area contributed by atoms with E-state index in [9.17, 15) is 13.2 Å². The Balaban J connectivity index is 2.16. The molecule has 0 spiro atoms. The third-order valence-electron chi connectivity index (χ3n) is 3.29. The number of piperidine rings is 1. The van der Waals surface area contributed by atoms with Crippen LogP contribution >= 0.6 is 11.3 Å². The quantitative estimate of drug-likeness (QED) is 0.783. The van der Waals surface area contributed by atoms with Crippen molar-refractivity contribution in [2.75, 3.05) is 19.7 Å². The Labute approximate surface area is 128 Å². The Morgan fingerprint density at radius 2 is 2.33 bits per heavy atom. The van der Waals surface area contributed by atoms with Gasteiger partial charge >= 0.3 is 5.97 Å². The average Bonchev–Trinajstić information content (AvgIpc) is 2.97. The number of esters is 1. The van der Waals surface area contributed by atoms with Gasteiger partial charge in [-0.2, -0.15) is 9.57 Å². The standard InChI is InChI=1S/C13H16N2O4S2/c1-2-19-13(16)10-4-3-7-15(9-10)21(17,18)12-6-5-11(8-14)20-12/h5-6,10H,2-4,7,9H2,1H3/t10-/m1/s1. The number of hydrogen-bond donors (Lipinski definition) is 0. The van der Waals surface area contributed by atoms with Gasteiger partial charge in [0.15, 0.2) is 0 Å². The first-order chi connectivity index (χ1) is 9.98. The molecule has 114 valence electrons. The highest BCUT2D eigenvalue weighted by atomic mass is 32.2. The Morgan fingerprint density at radius 3 is 2.95 bits per heavy atom. The molecule has 8 heteroatoms. The summed E-state index contributed by atoms with van der Waals surface area (Å²) in [5, 5.41) is 8.79. The molecule has 0 aliphatic carbocycles. The lowest BCUT2D eigenvalue weighted by molar-refractivity contribution is -0.149. The Hall–Kier alpha value is -1.43. The molecule has 0 aromatic carbocycles. The molecule has 6 nitrogen and oxygen atoms in total. The predicted molar refractivity (Wildman–Crippen MR) is 77.1 cm³/mol. The summed E-state index contributed by atoms with van der Waals surface area (Å²) in [6, 6.07) is 4.85. The Morgan fingerprint density at radius 1 is 1.57 bits per heavy atom. The number of sulfonamides is 1. The first kappa shape index (κ1) is 15.9. The van der Waals surface area contributed by atoms with Crippen molar-refractivity contribution in [2.24, 2.45) is 5.92 Å². The summed E-state index contributed by atoms with van der Waals surface area (Å²) in [6.07, 6.45) is 1.26. The third-order valence-corrected chi connectivity index (χ3v) is 6.61. The SMILES string of the molecule is CCOC(=O)[C@@H]1CCCN(S(=O)(=O)c2ccc(C#N)s2)C1. The lowest BCUT2D eigenvalue weighted by Gasteiger charge is -2.30. The molecule has 1 atom stereocenters. The Bertz CT molecular complexity index is 660. The fourth-order valence-corrected chi connectivity index (χ4v) is 5.04. The summed E-state index contributed by atoms with van der Waals surface area (Å²) in [7, 11) is -3.64. The summed E-state index contributed by atoms with van der Waals surface area (Å²) in [5.74, 6) is -0.759. The molecule has 0 unspecified atom stereocenters. The van der Waals surface area contributed by atoms with E-state index in [-0.39, 0.29) is 16.7 Å². The van der Waals surface area contributed by atoms with Crippen LogP contribution in [0.15, 0.2) is 16.3 Å². The van der Waals surface area contributed by atoms with Gasteiger partial charge in [-0.05, 0) is 31.9 Å². The van der Waals surface area contributed by atoms with E-state index in [1.54, 1.807) is 6.92 Å². The van der Waals surface area contributed by atoms with Gasteiger partial charge in [0.05, 0.1) is 12.5 Å². The first-order valence-electron chi connectivity index (χ1n) is 6.65. The zero-order chi connectivity index (χ0) is 15.5. The number of nitrogens with zero attached hydrogens (tertiary/aromatic N) is 2. The van der Waals surface area contributed by atoms with Crippen LogP contribution in [-0.4, -0.2) is 38.4 Å². The molecule has 1 aliphatic rings. The molecular weight excluding hydrogens is 312 g/mol. The van der Waals surface area contributed by atoms with Crippen LogP contribution in [0.5, 0.6) is 0 Å². The van der Waals surface area contributed by atoms with Gasteiger partial charge in [-0.1, -0.05) is 0 Å². The summed E-state index contributed by atoms with van der Waals surface area (Å²) >= 11 is 0.946. The number of carbonyl (C=O) groups is 1. The predicted octanol–water partition coefficient (Wildman–Crippen LogP) is 1.58. The van der Waals surface area contributed by atoms with Gasteiger partial charge < -0.3 is 4.74 Å². The fourth-order valence-electron chi connectivity index (χ4n) is 2.26. The van der Waals surface area contributed by atoms with Crippen LogP contribution < -0.4 is 0 Å². The number of carbonyl (C=O) groups excluding carboxylic acids is 1. The lowest BCUT2D eigenvalue weighted by Crippen LogP contribution is -2.42. The van der Waals surface area contributed by atoms with E-state index in [4.69, 9.17) is 10.00 Å². The van der Waals surface area contributed by atoms with Gasteiger partial charge in [-0.25, -0.2) is 8.42 Å². The highest BCUT2D eigenvalue weighted by Gasteiger charge is 2.34. The minimum Gasteiger partial charge on any atom is -0.466 e. The van der Waals surface area contributed by atoms with Crippen molar-refractivity contribution >= 4 is 27.3 Å². The van der Waals surface area contributed by atoms with E-state index in [1.807, 2.05) is 6.07 Å². The number of nitriles is 1. The highest BCUT2D eigenvalue weighted by molar-refractivity contribution is 7.91. The Kier molecular flexibility index (Phi) is 4.98. The maximum absolute atomic E-state index is 12.5. The van der Waals surface area contributed by atoms with Gasteiger partial charge in [0.2, 0.25) is 0 Å². The van der Waals surface area contributed by atoms with Crippen LogP contribution in [0.3, 0.4) is 0 Å². The van der Waals surface area contributed by atoms with Crippen molar-refractivity contribution in [2.45, 2.75) is 24.0 Å². The molecule has 1 aromatic heterocycles. The smallest absolute Gasteiger partial charge is 0.310 e. The minimum absolute atomic E-state index is 0.140. The van der Waals surface area contributed by atoms with Crippen LogP contribution in [0.1, 0.15) is 24.6 Å². The molecule has 0 N–H and O–H groups in total. The minimum atomic E-state index is -3.64. The van der Waals surface area contributed by atoms with Crippen molar-refractivity contribution in [3.63, 3.8) is 0 Å². The maximum atomic E-state index is 12.5. The molecule has 1 fully saturated rings. The first-order valence-corrected chi connectivity index (χ1v) is 8.91. The normalized spacial score (nSPS) is 19.9. The molecule has 2 heterocycles. The molecular formula is C13H16N2O4S2. The molecule has 0 radical (unpaired) electrons. The molecule has 1 aromatic rings. The lowest BCUT2D eigenvalue weighted by atomic mass is 10.0. The molecule has 1 saturated heterocycles. The van der Waals surface area contributed by atoms with Crippen molar-refractivity contribution in [3.8, 4) is 6.07 Å². The maximum Gasteiger partial charge on any atom is 0.310 e. The molecule has 0 amide bonds. The van der Waals surface area contributed by atoms with Crippen LogP contribution in [0, 0.1) is 17.2 Å². The average molecular weight is 328 g/mol. The van der Waals surface area contributed by atoms with E-state index >= 15 is 0 Å². The molecule has 1 aliphatic heterocycles. The summed E-state index contributed by atoms with van der Waals surface area (Å²) in [5.41, 5.74) is 0. The van der Waals surface area contributed by atoms with Crippen molar-refractivity contribution < 1.29 is 17.9 Å². The van der Waals surface area contributed by atoms with Crippen molar-refractivity contribution in [1.29, 1.82) is 5.26 Å². The van der Waals surface area contributed by atoms with Crippen LogP contribution in [0.25, 0.3) is 0 Å². The largest absolute Gasteiger partial charge is 0.466 e. The molecule has 2 rings (SSSR count). The second kappa shape index (κ2) is 6.56. The highest BCUT2D eigenvalue weighted by Crippen LogP contribution is 2.28. The summed E-state index contributed by atoms with van der Waals surface area (Å²) in [6.45, 7) is 2.54. The van der Waals surface area contributed by atoms with Crippen LogP contribution in [0.2, 0.25) is 0 Å². The van der Waals surface area contributed by atoms with Crippen LogP contribution in [0.4, 0.5) is 0 Å². The zero-order valence-electron chi connectivity index (χ0n) is 11.6.